The van der Waals surface area contributed by atoms with Gasteiger partial charge >= 0.3 is 0 Å². The van der Waals surface area contributed by atoms with Crippen LogP contribution >= 0.6 is 0 Å². The molecule has 1 aliphatic heterocycles. The maximum Gasteiger partial charge on any atom is 0.150 e. The molecule has 0 N–H and O–H groups in total. The standard InChI is InChI=1S/C19H30N4O2/c1-21(2)11-6-12-22(16-18-7-5-14-24-18)15-17-9-10-20-23(17)19-8-3-4-13-25-19/h5,7,9-10,14,19H,3-4,6,8,11-13,15-16H2,1-2H3/t19-/m0/s1. The lowest BCUT2D eigenvalue weighted by molar-refractivity contribution is -0.0421. The molecule has 0 saturated carbocycles. The normalized spacial score (nSPS) is 18.3. The minimum Gasteiger partial charge on any atom is -0.468 e. The summed E-state index contributed by atoms with van der Waals surface area (Å²) in [5.74, 6) is 1.00. The van der Waals surface area contributed by atoms with Crippen LogP contribution in [0.5, 0.6) is 0 Å². The molecule has 1 aliphatic rings. The average molecular weight is 346 g/mol. The van der Waals surface area contributed by atoms with E-state index in [1.165, 1.54) is 12.1 Å². The molecule has 0 bridgehead atoms. The third-order valence-electron chi connectivity index (χ3n) is 4.61. The number of aromatic nitrogens is 2. The zero-order valence-electron chi connectivity index (χ0n) is 15.4. The fraction of sp³-hybridized carbons (Fsp3) is 0.632. The highest BCUT2D eigenvalue weighted by Gasteiger charge is 2.20. The van der Waals surface area contributed by atoms with Gasteiger partial charge in [0.1, 0.15) is 5.76 Å². The number of furan rings is 1. The van der Waals surface area contributed by atoms with Gasteiger partial charge in [0.05, 0.1) is 18.5 Å². The van der Waals surface area contributed by atoms with Crippen molar-refractivity contribution in [2.24, 2.45) is 0 Å². The molecule has 2 aromatic rings. The summed E-state index contributed by atoms with van der Waals surface area (Å²) in [6.45, 7) is 4.61. The van der Waals surface area contributed by atoms with Gasteiger partial charge in [-0.2, -0.15) is 5.10 Å². The first kappa shape index (κ1) is 18.2. The molecule has 6 heteroatoms. The molecule has 0 unspecified atom stereocenters. The molecule has 1 fully saturated rings. The van der Waals surface area contributed by atoms with Crippen molar-refractivity contribution in [2.45, 2.75) is 45.0 Å². The molecule has 138 valence electrons. The largest absolute Gasteiger partial charge is 0.468 e. The molecule has 0 radical (unpaired) electrons. The Bertz CT molecular complexity index is 603. The second-order valence-electron chi connectivity index (χ2n) is 7.04. The SMILES string of the molecule is CN(C)CCCN(Cc1ccco1)Cc1ccnn1[C@@H]1CCCCO1. The Hall–Kier alpha value is -1.63. The van der Waals surface area contributed by atoms with Gasteiger partial charge in [-0.3, -0.25) is 4.90 Å². The zero-order chi connectivity index (χ0) is 17.5. The first-order valence-electron chi connectivity index (χ1n) is 9.26. The Morgan fingerprint density at radius 2 is 2.12 bits per heavy atom. The van der Waals surface area contributed by atoms with E-state index >= 15 is 0 Å². The molecule has 3 rings (SSSR count). The van der Waals surface area contributed by atoms with Crippen LogP contribution in [0.25, 0.3) is 0 Å². The van der Waals surface area contributed by atoms with E-state index in [9.17, 15) is 0 Å². The Morgan fingerprint density at radius 1 is 1.20 bits per heavy atom. The van der Waals surface area contributed by atoms with E-state index in [4.69, 9.17) is 9.15 Å². The molecule has 25 heavy (non-hydrogen) atoms. The predicted molar refractivity (Wildman–Crippen MR) is 97.1 cm³/mol. The van der Waals surface area contributed by atoms with Gasteiger partial charge in [-0.05, 0) is 64.5 Å². The molecule has 0 spiro atoms. The second kappa shape index (κ2) is 9.17. The zero-order valence-corrected chi connectivity index (χ0v) is 15.4. The van der Waals surface area contributed by atoms with E-state index in [0.29, 0.717) is 0 Å². The lowest BCUT2D eigenvalue weighted by Gasteiger charge is -2.27. The number of hydrogen-bond acceptors (Lipinski definition) is 5. The number of rotatable bonds is 9. The van der Waals surface area contributed by atoms with Gasteiger partial charge in [-0.25, -0.2) is 4.68 Å². The molecule has 0 aromatic carbocycles. The lowest BCUT2D eigenvalue weighted by atomic mass is 10.2. The van der Waals surface area contributed by atoms with Crippen LogP contribution in [0.3, 0.4) is 0 Å². The van der Waals surface area contributed by atoms with E-state index in [1.54, 1.807) is 6.26 Å². The molecule has 1 saturated heterocycles. The lowest BCUT2D eigenvalue weighted by Crippen LogP contribution is -2.29. The minimum atomic E-state index is 0.0889. The van der Waals surface area contributed by atoms with Crippen LogP contribution in [0.1, 0.15) is 43.4 Å². The van der Waals surface area contributed by atoms with Crippen molar-refractivity contribution in [2.75, 3.05) is 33.8 Å². The third kappa shape index (κ3) is 5.42. The monoisotopic (exact) mass is 346 g/mol. The summed E-state index contributed by atoms with van der Waals surface area (Å²) in [6.07, 6.45) is 8.26. The molecule has 2 aromatic heterocycles. The average Bonchev–Trinajstić information content (AvgIpc) is 3.27. The van der Waals surface area contributed by atoms with Crippen molar-refractivity contribution in [1.82, 2.24) is 19.6 Å². The first-order valence-corrected chi connectivity index (χ1v) is 9.26. The highest BCUT2D eigenvalue weighted by Crippen LogP contribution is 2.24. The van der Waals surface area contributed by atoms with E-state index in [0.717, 1.165) is 57.8 Å². The number of ether oxygens (including phenoxy) is 1. The molecule has 6 nitrogen and oxygen atoms in total. The fourth-order valence-corrected chi connectivity index (χ4v) is 3.32. The Labute approximate surface area is 150 Å². The third-order valence-corrected chi connectivity index (χ3v) is 4.61. The highest BCUT2D eigenvalue weighted by molar-refractivity contribution is 5.03. The number of hydrogen-bond donors (Lipinski definition) is 0. The van der Waals surface area contributed by atoms with Gasteiger partial charge in [-0.1, -0.05) is 0 Å². The van der Waals surface area contributed by atoms with E-state index in [1.807, 2.05) is 18.3 Å². The van der Waals surface area contributed by atoms with E-state index < -0.39 is 0 Å². The maximum atomic E-state index is 5.92. The highest BCUT2D eigenvalue weighted by atomic mass is 16.5. The van der Waals surface area contributed by atoms with Crippen molar-refractivity contribution in [3.8, 4) is 0 Å². The van der Waals surface area contributed by atoms with Gasteiger partial charge in [0.2, 0.25) is 0 Å². The first-order chi connectivity index (χ1) is 12.2. The van der Waals surface area contributed by atoms with Gasteiger partial charge in [-0.15, -0.1) is 0 Å². The Morgan fingerprint density at radius 3 is 2.84 bits per heavy atom. The Balaban J connectivity index is 1.65. The summed E-state index contributed by atoms with van der Waals surface area (Å²) in [7, 11) is 4.23. The molecular weight excluding hydrogens is 316 g/mol. The van der Waals surface area contributed by atoms with Crippen LogP contribution in [0.15, 0.2) is 35.1 Å². The van der Waals surface area contributed by atoms with Gasteiger partial charge in [0, 0.05) is 25.9 Å². The van der Waals surface area contributed by atoms with Crippen LogP contribution in [0, 0.1) is 0 Å². The van der Waals surface area contributed by atoms with Crippen LogP contribution < -0.4 is 0 Å². The topological polar surface area (TPSA) is 46.7 Å². The quantitative estimate of drug-likeness (QED) is 0.698. The van der Waals surface area contributed by atoms with Gasteiger partial charge < -0.3 is 14.1 Å². The number of nitrogens with zero attached hydrogens (tertiary/aromatic N) is 4. The maximum absolute atomic E-state index is 5.92. The summed E-state index contributed by atoms with van der Waals surface area (Å²) in [6, 6.07) is 6.10. The van der Waals surface area contributed by atoms with Crippen LogP contribution in [0.4, 0.5) is 0 Å². The fourth-order valence-electron chi connectivity index (χ4n) is 3.32. The minimum absolute atomic E-state index is 0.0889. The summed E-state index contributed by atoms with van der Waals surface area (Å²) in [5.41, 5.74) is 1.21. The molecule has 0 aliphatic carbocycles. The van der Waals surface area contributed by atoms with Crippen molar-refractivity contribution >= 4 is 0 Å². The molecule has 1 atom stereocenters. The predicted octanol–water partition coefficient (Wildman–Crippen LogP) is 3.13. The van der Waals surface area contributed by atoms with Crippen molar-refractivity contribution < 1.29 is 9.15 Å². The summed E-state index contributed by atoms with van der Waals surface area (Å²) in [4.78, 5) is 4.66. The molecule has 0 amide bonds. The van der Waals surface area contributed by atoms with Gasteiger partial charge in [0.25, 0.3) is 0 Å². The van der Waals surface area contributed by atoms with Crippen molar-refractivity contribution in [1.29, 1.82) is 0 Å². The Kier molecular flexibility index (Phi) is 6.67. The summed E-state index contributed by atoms with van der Waals surface area (Å²) in [5, 5.41) is 4.53. The van der Waals surface area contributed by atoms with E-state index in [-0.39, 0.29) is 6.23 Å². The van der Waals surface area contributed by atoms with Gasteiger partial charge in [0.15, 0.2) is 6.23 Å². The van der Waals surface area contributed by atoms with Crippen molar-refractivity contribution in [3.05, 3.63) is 42.1 Å². The van der Waals surface area contributed by atoms with Crippen molar-refractivity contribution in [3.63, 3.8) is 0 Å². The summed E-state index contributed by atoms with van der Waals surface area (Å²) >= 11 is 0. The molecule has 3 heterocycles. The smallest absolute Gasteiger partial charge is 0.150 e. The van der Waals surface area contributed by atoms with Crippen LogP contribution in [0.2, 0.25) is 0 Å². The van der Waals surface area contributed by atoms with E-state index in [2.05, 4.69) is 39.7 Å². The van der Waals surface area contributed by atoms with Crippen LogP contribution in [-0.2, 0) is 17.8 Å². The molecular formula is C19H30N4O2. The second-order valence-corrected chi connectivity index (χ2v) is 7.04. The van der Waals surface area contributed by atoms with Crippen LogP contribution in [-0.4, -0.2) is 53.4 Å². The summed E-state index contributed by atoms with van der Waals surface area (Å²) < 4.78 is 13.5.